The van der Waals surface area contributed by atoms with Crippen LogP contribution in [0.1, 0.15) is 29.9 Å². The minimum Gasteiger partial charge on any atom is -0.370 e. The summed E-state index contributed by atoms with van der Waals surface area (Å²) in [5, 5.41) is 0. The molecular formula is C12H13F3N2O2. The van der Waals surface area contributed by atoms with Crippen molar-refractivity contribution in [2.45, 2.75) is 24.9 Å². The molecule has 1 atom stereocenters. The Morgan fingerprint density at radius 2 is 1.74 bits per heavy atom. The predicted molar refractivity (Wildman–Crippen MR) is 61.8 cm³/mol. The Bertz CT molecular complexity index is 486. The molecule has 0 spiro atoms. The second kappa shape index (κ2) is 5.73. The van der Waals surface area contributed by atoms with Crippen LogP contribution in [-0.4, -0.2) is 11.8 Å². The molecular weight excluding hydrogens is 261 g/mol. The van der Waals surface area contributed by atoms with Gasteiger partial charge in [0.25, 0.3) is 0 Å². The zero-order valence-corrected chi connectivity index (χ0v) is 9.91. The van der Waals surface area contributed by atoms with Crippen LogP contribution in [0, 0.1) is 0 Å². The maximum Gasteiger partial charge on any atom is 0.416 e. The summed E-state index contributed by atoms with van der Waals surface area (Å²) in [7, 11) is 0. The highest BCUT2D eigenvalue weighted by Gasteiger charge is 2.36. The molecule has 1 unspecified atom stereocenters. The van der Waals surface area contributed by atoms with Crippen LogP contribution in [0.3, 0.4) is 0 Å². The lowest BCUT2D eigenvalue weighted by atomic mass is 9.89. The van der Waals surface area contributed by atoms with Gasteiger partial charge in [-0.25, -0.2) is 0 Å². The van der Waals surface area contributed by atoms with Crippen LogP contribution in [0.5, 0.6) is 0 Å². The van der Waals surface area contributed by atoms with Gasteiger partial charge in [0, 0.05) is 6.42 Å². The van der Waals surface area contributed by atoms with Gasteiger partial charge in [0.15, 0.2) is 0 Å². The van der Waals surface area contributed by atoms with Crippen LogP contribution in [0.15, 0.2) is 24.3 Å². The van der Waals surface area contributed by atoms with E-state index in [1.807, 2.05) is 0 Å². The lowest BCUT2D eigenvalue weighted by Crippen LogP contribution is -2.25. The van der Waals surface area contributed by atoms with Gasteiger partial charge in [-0.2, -0.15) is 13.2 Å². The molecule has 1 aromatic carbocycles. The van der Waals surface area contributed by atoms with Gasteiger partial charge < -0.3 is 11.5 Å². The maximum atomic E-state index is 12.8. The molecule has 0 radical (unpaired) electrons. The van der Waals surface area contributed by atoms with E-state index in [1.165, 1.54) is 18.2 Å². The molecule has 0 aromatic heterocycles. The van der Waals surface area contributed by atoms with Crippen LogP contribution in [-0.2, 0) is 15.8 Å². The van der Waals surface area contributed by atoms with Gasteiger partial charge in [-0.3, -0.25) is 9.59 Å². The van der Waals surface area contributed by atoms with Crippen LogP contribution in [0.25, 0.3) is 0 Å². The van der Waals surface area contributed by atoms with Gasteiger partial charge in [0.2, 0.25) is 11.8 Å². The van der Waals surface area contributed by atoms with E-state index in [2.05, 4.69) is 0 Å². The first kappa shape index (κ1) is 15.0. The molecule has 2 amide bonds. The molecule has 19 heavy (non-hydrogen) atoms. The number of carbonyl (C=O) groups is 2. The number of carbonyl (C=O) groups excluding carboxylic acids is 2. The van der Waals surface area contributed by atoms with Crippen molar-refractivity contribution >= 4 is 11.8 Å². The largest absolute Gasteiger partial charge is 0.416 e. The molecule has 4 N–H and O–H groups in total. The number of primary amides is 2. The standard InChI is InChI=1S/C12H13F3N2O2/c13-12(14,15)9-4-2-1-3-7(9)8(11(17)19)5-6-10(16)18/h1-4,8H,5-6H2,(H2,16,18)(H2,17,19). The lowest BCUT2D eigenvalue weighted by Gasteiger charge is -2.18. The van der Waals surface area contributed by atoms with Crippen molar-refractivity contribution < 1.29 is 22.8 Å². The number of nitrogens with two attached hydrogens (primary N) is 2. The summed E-state index contributed by atoms with van der Waals surface area (Å²) in [5.74, 6) is -2.81. The number of hydrogen-bond acceptors (Lipinski definition) is 2. The fourth-order valence-electron chi connectivity index (χ4n) is 1.80. The molecule has 0 heterocycles. The van der Waals surface area contributed by atoms with Crippen LogP contribution in [0.4, 0.5) is 13.2 Å². The summed E-state index contributed by atoms with van der Waals surface area (Å²) >= 11 is 0. The Morgan fingerprint density at radius 1 is 1.16 bits per heavy atom. The fourth-order valence-corrected chi connectivity index (χ4v) is 1.80. The molecule has 0 aliphatic heterocycles. The number of benzene rings is 1. The number of halogens is 3. The smallest absolute Gasteiger partial charge is 0.370 e. The quantitative estimate of drug-likeness (QED) is 0.853. The summed E-state index contributed by atoms with van der Waals surface area (Å²) in [6.45, 7) is 0. The third-order valence-corrected chi connectivity index (χ3v) is 2.66. The number of hydrogen-bond donors (Lipinski definition) is 2. The molecule has 0 saturated carbocycles. The molecule has 4 nitrogen and oxygen atoms in total. The van der Waals surface area contributed by atoms with Gasteiger partial charge >= 0.3 is 6.18 Å². The van der Waals surface area contributed by atoms with Crippen molar-refractivity contribution in [1.29, 1.82) is 0 Å². The van der Waals surface area contributed by atoms with Crippen molar-refractivity contribution in [3.05, 3.63) is 35.4 Å². The summed E-state index contributed by atoms with van der Waals surface area (Å²) in [5.41, 5.74) is 8.88. The number of rotatable bonds is 5. The molecule has 0 aliphatic rings. The van der Waals surface area contributed by atoms with Gasteiger partial charge in [-0.1, -0.05) is 18.2 Å². The van der Waals surface area contributed by atoms with E-state index < -0.39 is 29.5 Å². The first-order valence-electron chi connectivity index (χ1n) is 5.47. The normalized spacial score (nSPS) is 13.0. The highest BCUT2D eigenvalue weighted by atomic mass is 19.4. The molecule has 1 rings (SSSR count). The lowest BCUT2D eigenvalue weighted by molar-refractivity contribution is -0.138. The molecule has 0 aliphatic carbocycles. The highest BCUT2D eigenvalue weighted by molar-refractivity contribution is 5.83. The molecule has 1 aromatic rings. The van der Waals surface area contributed by atoms with Crippen molar-refractivity contribution in [3.63, 3.8) is 0 Å². The monoisotopic (exact) mass is 274 g/mol. The summed E-state index contributed by atoms with van der Waals surface area (Å²) < 4.78 is 38.5. The Hall–Kier alpha value is -2.05. The SMILES string of the molecule is NC(=O)CCC(C(N)=O)c1ccccc1C(F)(F)F. The summed E-state index contributed by atoms with van der Waals surface area (Å²) in [6, 6.07) is 4.65. The highest BCUT2D eigenvalue weighted by Crippen LogP contribution is 2.36. The maximum absolute atomic E-state index is 12.8. The zero-order chi connectivity index (χ0) is 14.6. The van der Waals surface area contributed by atoms with E-state index in [4.69, 9.17) is 11.5 Å². The Labute approximate surface area is 107 Å². The molecule has 7 heteroatoms. The van der Waals surface area contributed by atoms with Gasteiger partial charge in [-0.15, -0.1) is 0 Å². The predicted octanol–water partition coefficient (Wildman–Crippen LogP) is 1.54. The molecule has 0 saturated heterocycles. The van der Waals surface area contributed by atoms with Crippen molar-refractivity contribution in [2.75, 3.05) is 0 Å². The van der Waals surface area contributed by atoms with Crippen molar-refractivity contribution in [2.24, 2.45) is 11.5 Å². The van der Waals surface area contributed by atoms with E-state index in [0.29, 0.717) is 0 Å². The van der Waals surface area contributed by atoms with E-state index in [9.17, 15) is 22.8 Å². The van der Waals surface area contributed by atoms with Crippen molar-refractivity contribution in [1.82, 2.24) is 0 Å². The average molecular weight is 274 g/mol. The minimum absolute atomic E-state index is 0.141. The number of amides is 2. The first-order valence-corrected chi connectivity index (χ1v) is 5.47. The molecule has 104 valence electrons. The van der Waals surface area contributed by atoms with E-state index in [1.54, 1.807) is 0 Å². The topological polar surface area (TPSA) is 86.2 Å². The van der Waals surface area contributed by atoms with Gasteiger partial charge in [0.1, 0.15) is 0 Å². The summed E-state index contributed by atoms with van der Waals surface area (Å²) in [4.78, 5) is 22.0. The van der Waals surface area contributed by atoms with Gasteiger partial charge in [0.05, 0.1) is 11.5 Å². The second-order valence-corrected chi connectivity index (χ2v) is 4.04. The van der Waals surface area contributed by atoms with E-state index >= 15 is 0 Å². The third kappa shape index (κ3) is 3.97. The summed E-state index contributed by atoms with van der Waals surface area (Å²) in [6.07, 6.45) is -4.94. The minimum atomic E-state index is -4.59. The number of alkyl halides is 3. The first-order chi connectivity index (χ1) is 8.73. The van der Waals surface area contributed by atoms with Crippen LogP contribution in [0.2, 0.25) is 0 Å². The average Bonchev–Trinajstić information content (AvgIpc) is 2.27. The Morgan fingerprint density at radius 3 is 2.21 bits per heavy atom. The van der Waals surface area contributed by atoms with Crippen LogP contribution < -0.4 is 11.5 Å². The van der Waals surface area contributed by atoms with E-state index in [-0.39, 0.29) is 18.4 Å². The van der Waals surface area contributed by atoms with Crippen LogP contribution >= 0.6 is 0 Å². The second-order valence-electron chi connectivity index (χ2n) is 4.04. The Kier molecular flexibility index (Phi) is 4.52. The molecule has 0 bridgehead atoms. The zero-order valence-electron chi connectivity index (χ0n) is 9.91. The third-order valence-electron chi connectivity index (χ3n) is 2.66. The van der Waals surface area contributed by atoms with Gasteiger partial charge in [-0.05, 0) is 18.1 Å². The van der Waals surface area contributed by atoms with E-state index in [0.717, 1.165) is 6.07 Å². The Balaban J connectivity index is 3.16. The fraction of sp³-hybridized carbons (Fsp3) is 0.333. The van der Waals surface area contributed by atoms with Crippen molar-refractivity contribution in [3.8, 4) is 0 Å². The molecule has 0 fully saturated rings.